The molecule has 0 aliphatic carbocycles. The van der Waals surface area contributed by atoms with E-state index in [1.54, 1.807) is 18.3 Å². The van der Waals surface area contributed by atoms with Gasteiger partial charge in [-0.1, -0.05) is 26.0 Å². The van der Waals surface area contributed by atoms with Gasteiger partial charge in [-0.2, -0.15) is 5.26 Å². The number of benzene rings is 1. The van der Waals surface area contributed by atoms with Crippen LogP contribution < -0.4 is 4.74 Å². The summed E-state index contributed by atoms with van der Waals surface area (Å²) in [6.45, 7) is 7.16. The molecule has 3 rings (SSSR count). The first-order valence-corrected chi connectivity index (χ1v) is 9.29. The van der Waals surface area contributed by atoms with Gasteiger partial charge in [0.1, 0.15) is 11.3 Å². The molecule has 2 aromatic heterocycles. The number of aliphatic hydroxyl groups is 1. The zero-order valence-corrected chi connectivity index (χ0v) is 16.9. The standard InChI is InChI=1S/C19H20BrN5O2/c1-19(2,3)11-25-13-6-7-15(16(20)17(13)23-24-25)27-18-12(5-4-10-22-18)14(26)8-9-21/h4-7,10,14,26H,8,11H2,1-3H3. The lowest BCUT2D eigenvalue weighted by molar-refractivity contribution is 0.179. The highest BCUT2D eigenvalue weighted by molar-refractivity contribution is 9.10. The van der Waals surface area contributed by atoms with Crippen LogP contribution in [0.3, 0.4) is 0 Å². The summed E-state index contributed by atoms with van der Waals surface area (Å²) < 4.78 is 8.45. The lowest BCUT2D eigenvalue weighted by atomic mass is 9.97. The van der Waals surface area contributed by atoms with Crippen LogP contribution in [0.2, 0.25) is 0 Å². The minimum Gasteiger partial charge on any atom is -0.437 e. The van der Waals surface area contributed by atoms with E-state index in [2.05, 4.69) is 52.0 Å². The van der Waals surface area contributed by atoms with Gasteiger partial charge < -0.3 is 9.84 Å². The number of rotatable bonds is 5. The third kappa shape index (κ3) is 4.26. The number of pyridine rings is 1. The number of aromatic nitrogens is 4. The number of ether oxygens (including phenoxy) is 1. The van der Waals surface area contributed by atoms with E-state index < -0.39 is 6.10 Å². The smallest absolute Gasteiger partial charge is 0.225 e. The summed E-state index contributed by atoms with van der Waals surface area (Å²) in [5.74, 6) is 0.761. The molecule has 0 fully saturated rings. The van der Waals surface area contributed by atoms with Crippen molar-refractivity contribution in [1.82, 2.24) is 20.0 Å². The summed E-state index contributed by atoms with van der Waals surface area (Å²) in [4.78, 5) is 4.20. The maximum atomic E-state index is 10.2. The third-order valence-electron chi connectivity index (χ3n) is 3.87. The quantitative estimate of drug-likeness (QED) is 0.646. The number of nitriles is 1. The molecule has 0 amide bonds. The SMILES string of the molecule is CC(C)(C)Cn1nnc2c(Br)c(Oc3ncccc3C(O)CC#N)ccc21. The molecule has 7 nitrogen and oxygen atoms in total. The van der Waals surface area contributed by atoms with Crippen molar-refractivity contribution in [3.63, 3.8) is 0 Å². The van der Waals surface area contributed by atoms with E-state index in [9.17, 15) is 5.11 Å². The van der Waals surface area contributed by atoms with Gasteiger partial charge in [-0.05, 0) is 45.6 Å². The Morgan fingerprint density at radius 1 is 1.33 bits per heavy atom. The van der Waals surface area contributed by atoms with Gasteiger partial charge in [-0.3, -0.25) is 0 Å². The van der Waals surface area contributed by atoms with Gasteiger partial charge in [-0.25, -0.2) is 9.67 Å². The maximum absolute atomic E-state index is 10.2. The second-order valence-corrected chi connectivity index (χ2v) is 8.22. The van der Waals surface area contributed by atoms with Gasteiger partial charge in [-0.15, -0.1) is 5.10 Å². The van der Waals surface area contributed by atoms with Gasteiger partial charge in [0.25, 0.3) is 0 Å². The molecule has 27 heavy (non-hydrogen) atoms. The van der Waals surface area contributed by atoms with Crippen LogP contribution in [0.4, 0.5) is 0 Å². The molecule has 140 valence electrons. The Labute approximate surface area is 165 Å². The first-order chi connectivity index (χ1) is 12.8. The highest BCUT2D eigenvalue weighted by Crippen LogP contribution is 2.37. The topological polar surface area (TPSA) is 96.8 Å². The van der Waals surface area contributed by atoms with Crippen LogP contribution in [0, 0.1) is 16.7 Å². The fraction of sp³-hybridized carbons (Fsp3) is 0.368. The molecule has 0 bridgehead atoms. The summed E-state index contributed by atoms with van der Waals surface area (Å²) in [5.41, 5.74) is 2.12. The minimum absolute atomic E-state index is 0.0383. The number of hydrogen-bond donors (Lipinski definition) is 1. The van der Waals surface area contributed by atoms with Crippen LogP contribution in [0.25, 0.3) is 11.0 Å². The fourth-order valence-corrected chi connectivity index (χ4v) is 3.17. The highest BCUT2D eigenvalue weighted by atomic mass is 79.9. The second-order valence-electron chi connectivity index (χ2n) is 7.43. The molecule has 0 saturated carbocycles. The van der Waals surface area contributed by atoms with E-state index >= 15 is 0 Å². The van der Waals surface area contributed by atoms with Gasteiger partial charge in [0.2, 0.25) is 5.88 Å². The zero-order chi connectivity index (χ0) is 19.6. The van der Waals surface area contributed by atoms with E-state index in [0.717, 1.165) is 12.1 Å². The molecule has 0 radical (unpaired) electrons. The van der Waals surface area contributed by atoms with Crippen LogP contribution in [0.1, 0.15) is 38.9 Å². The Balaban J connectivity index is 1.96. The van der Waals surface area contributed by atoms with Crippen molar-refractivity contribution in [2.45, 2.75) is 39.8 Å². The molecule has 0 spiro atoms. The van der Waals surface area contributed by atoms with E-state index in [1.165, 1.54) is 0 Å². The highest BCUT2D eigenvalue weighted by Gasteiger charge is 2.20. The molecule has 1 unspecified atom stereocenters. The predicted octanol–water partition coefficient (Wildman–Crippen LogP) is 4.37. The number of nitrogens with zero attached hydrogens (tertiary/aromatic N) is 5. The molecule has 0 aliphatic rings. The van der Waals surface area contributed by atoms with Crippen LogP contribution >= 0.6 is 15.9 Å². The monoisotopic (exact) mass is 429 g/mol. The molecule has 2 heterocycles. The van der Waals surface area contributed by atoms with E-state index in [1.807, 2.05) is 22.9 Å². The Morgan fingerprint density at radius 2 is 2.11 bits per heavy atom. The van der Waals surface area contributed by atoms with Gasteiger partial charge >= 0.3 is 0 Å². The summed E-state index contributed by atoms with van der Waals surface area (Å²) in [5, 5.41) is 27.5. The average Bonchev–Trinajstić information content (AvgIpc) is 3.00. The van der Waals surface area contributed by atoms with E-state index in [-0.39, 0.29) is 17.7 Å². The van der Waals surface area contributed by atoms with Crippen molar-refractivity contribution >= 4 is 27.0 Å². The minimum atomic E-state index is -0.964. The average molecular weight is 430 g/mol. The first-order valence-electron chi connectivity index (χ1n) is 8.49. The van der Waals surface area contributed by atoms with Gasteiger partial charge in [0.05, 0.1) is 28.6 Å². The van der Waals surface area contributed by atoms with Crippen LogP contribution in [-0.2, 0) is 6.54 Å². The van der Waals surface area contributed by atoms with Gasteiger partial charge in [0, 0.05) is 18.3 Å². The van der Waals surface area contributed by atoms with E-state index in [4.69, 9.17) is 10.00 Å². The van der Waals surface area contributed by atoms with E-state index in [0.29, 0.717) is 21.3 Å². The van der Waals surface area contributed by atoms with Crippen molar-refractivity contribution < 1.29 is 9.84 Å². The molecule has 1 N–H and O–H groups in total. The van der Waals surface area contributed by atoms with Gasteiger partial charge in [0.15, 0.2) is 0 Å². The van der Waals surface area contributed by atoms with Crippen molar-refractivity contribution in [2.24, 2.45) is 5.41 Å². The zero-order valence-electron chi connectivity index (χ0n) is 15.3. The third-order valence-corrected chi connectivity index (χ3v) is 4.63. The van der Waals surface area contributed by atoms with Crippen molar-refractivity contribution in [3.05, 3.63) is 40.5 Å². The molecular formula is C19H20BrN5O2. The molecule has 1 atom stereocenters. The van der Waals surface area contributed by atoms with Crippen molar-refractivity contribution in [3.8, 4) is 17.7 Å². The van der Waals surface area contributed by atoms with Crippen molar-refractivity contribution in [2.75, 3.05) is 0 Å². The number of hydrogen-bond acceptors (Lipinski definition) is 6. The van der Waals surface area contributed by atoms with Crippen molar-refractivity contribution in [1.29, 1.82) is 5.26 Å². The second kappa shape index (κ2) is 7.62. The maximum Gasteiger partial charge on any atom is 0.225 e. The Morgan fingerprint density at radius 3 is 2.81 bits per heavy atom. The largest absolute Gasteiger partial charge is 0.437 e. The Hall–Kier alpha value is -2.50. The Kier molecular flexibility index (Phi) is 5.44. The lowest BCUT2D eigenvalue weighted by Crippen LogP contribution is -2.16. The molecule has 1 aromatic carbocycles. The molecular weight excluding hydrogens is 410 g/mol. The number of fused-ring (bicyclic) bond motifs is 1. The number of aliphatic hydroxyl groups excluding tert-OH is 1. The first kappa shape index (κ1) is 19.3. The molecule has 3 aromatic rings. The van der Waals surface area contributed by atoms with Crippen LogP contribution in [0.5, 0.6) is 11.6 Å². The lowest BCUT2D eigenvalue weighted by Gasteiger charge is -2.18. The Bertz CT molecular complexity index is 1000. The van der Waals surface area contributed by atoms with Crippen LogP contribution in [-0.4, -0.2) is 25.1 Å². The molecule has 0 aliphatic heterocycles. The summed E-state index contributed by atoms with van der Waals surface area (Å²) in [6, 6.07) is 9.04. The fourth-order valence-electron chi connectivity index (χ4n) is 2.67. The molecule has 8 heteroatoms. The normalized spacial score (nSPS) is 12.7. The number of halogens is 1. The summed E-state index contributed by atoms with van der Waals surface area (Å²) in [6.07, 6.45) is 0.571. The molecule has 0 saturated heterocycles. The van der Waals surface area contributed by atoms with Crippen LogP contribution in [0.15, 0.2) is 34.9 Å². The predicted molar refractivity (Wildman–Crippen MR) is 104 cm³/mol. The summed E-state index contributed by atoms with van der Waals surface area (Å²) >= 11 is 3.54. The summed E-state index contributed by atoms with van der Waals surface area (Å²) in [7, 11) is 0.